The van der Waals surface area contributed by atoms with E-state index in [2.05, 4.69) is 10.6 Å². The third-order valence-electron chi connectivity index (χ3n) is 6.37. The van der Waals surface area contributed by atoms with Crippen LogP contribution in [0.1, 0.15) is 50.3 Å². The van der Waals surface area contributed by atoms with Gasteiger partial charge in [-0.3, -0.25) is 14.4 Å². The average molecular weight is 552 g/mol. The molecule has 0 radical (unpaired) electrons. The SMILES string of the molecule is CC(C)(C)C(=O)N1CCC(NC(=O)/C=C/c2ccc(F)cc2)(C(=O)Nc2cc(CF)cc(C(F)(F)F)c2)CC1. The van der Waals surface area contributed by atoms with Gasteiger partial charge in [-0.25, -0.2) is 8.78 Å². The minimum Gasteiger partial charge on any atom is -0.342 e. The highest BCUT2D eigenvalue weighted by atomic mass is 19.4. The first-order valence-electron chi connectivity index (χ1n) is 12.3. The summed E-state index contributed by atoms with van der Waals surface area (Å²) in [6.07, 6.45) is -2.21. The van der Waals surface area contributed by atoms with Crippen molar-refractivity contribution in [2.45, 2.75) is 52.0 Å². The van der Waals surface area contributed by atoms with E-state index in [0.717, 1.165) is 12.1 Å². The lowest BCUT2D eigenvalue weighted by Crippen LogP contribution is -2.62. The van der Waals surface area contributed by atoms with E-state index in [-0.39, 0.29) is 43.1 Å². The Labute approximate surface area is 223 Å². The van der Waals surface area contributed by atoms with Gasteiger partial charge in [0.1, 0.15) is 18.0 Å². The second kappa shape index (κ2) is 11.5. The van der Waals surface area contributed by atoms with Crippen molar-refractivity contribution in [2.75, 3.05) is 18.4 Å². The standard InChI is InChI=1S/C28H30F5N3O3/c1-26(2,3)25(39)36-12-10-27(11-13-36,35-23(37)9-6-18-4-7-21(30)8-5-18)24(38)34-22-15-19(17-29)14-20(16-22)28(31,32)33/h4-9,14-16H,10-13,17H2,1-3H3,(H,34,38)(H,35,37)/b9-6+. The van der Waals surface area contributed by atoms with Gasteiger partial charge in [0, 0.05) is 30.3 Å². The lowest BCUT2D eigenvalue weighted by Gasteiger charge is -2.42. The number of carbonyl (C=O) groups is 3. The van der Waals surface area contributed by atoms with Crippen molar-refractivity contribution in [3.63, 3.8) is 0 Å². The van der Waals surface area contributed by atoms with Crippen molar-refractivity contribution < 1.29 is 36.3 Å². The predicted octanol–water partition coefficient (Wildman–Crippen LogP) is 5.49. The van der Waals surface area contributed by atoms with E-state index >= 15 is 0 Å². The van der Waals surface area contributed by atoms with Crippen LogP contribution in [0.4, 0.5) is 27.6 Å². The molecule has 11 heteroatoms. The Morgan fingerprint density at radius 3 is 2.15 bits per heavy atom. The van der Waals surface area contributed by atoms with Gasteiger partial charge in [-0.1, -0.05) is 32.9 Å². The molecule has 0 bridgehead atoms. The Balaban J connectivity index is 1.87. The first-order chi connectivity index (χ1) is 18.1. The molecule has 1 fully saturated rings. The monoisotopic (exact) mass is 551 g/mol. The second-order valence-corrected chi connectivity index (χ2v) is 10.5. The molecule has 2 N–H and O–H groups in total. The van der Waals surface area contributed by atoms with Gasteiger partial charge in [0.2, 0.25) is 17.7 Å². The first kappa shape index (κ1) is 29.8. The fourth-order valence-corrected chi connectivity index (χ4v) is 4.25. The predicted molar refractivity (Wildman–Crippen MR) is 136 cm³/mol. The molecule has 2 aromatic carbocycles. The Hall–Kier alpha value is -3.76. The molecule has 2 aromatic rings. The third-order valence-corrected chi connectivity index (χ3v) is 6.37. The van der Waals surface area contributed by atoms with Crippen molar-refractivity contribution in [3.05, 3.63) is 71.0 Å². The number of hydrogen-bond acceptors (Lipinski definition) is 3. The van der Waals surface area contributed by atoms with Crippen LogP contribution in [0.2, 0.25) is 0 Å². The molecule has 0 saturated carbocycles. The largest absolute Gasteiger partial charge is 0.416 e. The Morgan fingerprint density at radius 1 is 1.00 bits per heavy atom. The summed E-state index contributed by atoms with van der Waals surface area (Å²) >= 11 is 0. The van der Waals surface area contributed by atoms with Crippen LogP contribution in [0.15, 0.2) is 48.5 Å². The van der Waals surface area contributed by atoms with Crippen molar-refractivity contribution >= 4 is 29.5 Å². The van der Waals surface area contributed by atoms with Gasteiger partial charge in [-0.15, -0.1) is 0 Å². The van der Waals surface area contributed by atoms with E-state index in [4.69, 9.17) is 0 Å². The zero-order valence-electron chi connectivity index (χ0n) is 21.8. The van der Waals surface area contributed by atoms with Gasteiger partial charge >= 0.3 is 6.18 Å². The number of anilines is 1. The normalized spacial score (nSPS) is 15.7. The summed E-state index contributed by atoms with van der Waals surface area (Å²) in [5.74, 6) is -2.06. The molecule has 1 heterocycles. The highest BCUT2D eigenvalue weighted by Crippen LogP contribution is 2.33. The van der Waals surface area contributed by atoms with Crippen LogP contribution in [-0.2, 0) is 27.2 Å². The van der Waals surface area contributed by atoms with Gasteiger partial charge in [0.05, 0.1) is 5.56 Å². The van der Waals surface area contributed by atoms with Crippen LogP contribution in [0.3, 0.4) is 0 Å². The van der Waals surface area contributed by atoms with E-state index in [1.807, 2.05) is 0 Å². The summed E-state index contributed by atoms with van der Waals surface area (Å²) in [5, 5.41) is 5.07. The molecule has 3 rings (SSSR count). The minimum atomic E-state index is -4.76. The van der Waals surface area contributed by atoms with Crippen molar-refractivity contribution in [1.82, 2.24) is 10.2 Å². The Morgan fingerprint density at radius 2 is 1.62 bits per heavy atom. The van der Waals surface area contributed by atoms with E-state index < -0.39 is 47.0 Å². The lowest BCUT2D eigenvalue weighted by atomic mass is 9.84. The summed E-state index contributed by atoms with van der Waals surface area (Å²) in [5.41, 5.74) is -3.39. The van der Waals surface area contributed by atoms with Crippen LogP contribution < -0.4 is 10.6 Å². The number of piperidine rings is 1. The average Bonchev–Trinajstić information content (AvgIpc) is 2.87. The topological polar surface area (TPSA) is 78.5 Å². The van der Waals surface area contributed by atoms with Crippen molar-refractivity contribution in [3.8, 4) is 0 Å². The number of benzene rings is 2. The number of halogens is 5. The van der Waals surface area contributed by atoms with Gasteiger partial charge in [-0.05, 0) is 60.4 Å². The number of likely N-dealkylation sites (tertiary alicyclic amines) is 1. The first-order valence-corrected chi connectivity index (χ1v) is 12.3. The minimum absolute atomic E-state index is 0.00822. The number of nitrogens with zero attached hydrogens (tertiary/aromatic N) is 1. The molecule has 39 heavy (non-hydrogen) atoms. The lowest BCUT2D eigenvalue weighted by molar-refractivity contribution is -0.143. The number of alkyl halides is 4. The summed E-state index contributed by atoms with van der Waals surface area (Å²) in [4.78, 5) is 40.7. The van der Waals surface area contributed by atoms with Gasteiger partial charge in [-0.2, -0.15) is 13.2 Å². The maximum absolute atomic E-state index is 13.5. The van der Waals surface area contributed by atoms with Crippen LogP contribution >= 0.6 is 0 Å². The molecule has 0 atom stereocenters. The molecular weight excluding hydrogens is 521 g/mol. The fourth-order valence-electron chi connectivity index (χ4n) is 4.25. The number of rotatable bonds is 6. The molecule has 0 spiro atoms. The highest BCUT2D eigenvalue weighted by Gasteiger charge is 2.44. The second-order valence-electron chi connectivity index (χ2n) is 10.5. The maximum atomic E-state index is 13.5. The highest BCUT2D eigenvalue weighted by molar-refractivity contribution is 6.03. The Kier molecular flexibility index (Phi) is 8.82. The quantitative estimate of drug-likeness (QED) is 0.368. The van der Waals surface area contributed by atoms with Crippen molar-refractivity contribution in [2.24, 2.45) is 5.41 Å². The fraction of sp³-hybridized carbons (Fsp3) is 0.393. The van der Waals surface area contributed by atoms with Crippen LogP contribution in [0.5, 0.6) is 0 Å². The Bertz CT molecular complexity index is 1240. The number of carbonyl (C=O) groups excluding carboxylic acids is 3. The van der Waals surface area contributed by atoms with E-state index in [1.165, 1.54) is 30.3 Å². The molecule has 0 aromatic heterocycles. The van der Waals surface area contributed by atoms with Crippen molar-refractivity contribution in [1.29, 1.82) is 0 Å². The summed E-state index contributed by atoms with van der Waals surface area (Å²) < 4.78 is 66.4. The molecule has 210 valence electrons. The van der Waals surface area contributed by atoms with E-state index in [1.54, 1.807) is 25.7 Å². The number of amides is 3. The molecule has 1 aliphatic rings. The molecular formula is C28H30F5N3O3. The third kappa shape index (κ3) is 7.64. The summed E-state index contributed by atoms with van der Waals surface area (Å²) in [6.45, 7) is 4.31. The summed E-state index contributed by atoms with van der Waals surface area (Å²) in [7, 11) is 0. The van der Waals surface area contributed by atoms with E-state index in [9.17, 15) is 36.3 Å². The molecule has 6 nitrogen and oxygen atoms in total. The zero-order valence-corrected chi connectivity index (χ0v) is 21.8. The van der Waals surface area contributed by atoms with Crippen LogP contribution in [0, 0.1) is 11.2 Å². The summed E-state index contributed by atoms with van der Waals surface area (Å²) in [6, 6.07) is 7.78. The van der Waals surface area contributed by atoms with Gasteiger partial charge in [0.15, 0.2) is 0 Å². The molecule has 1 saturated heterocycles. The molecule has 3 amide bonds. The molecule has 1 aliphatic heterocycles. The van der Waals surface area contributed by atoms with Gasteiger partial charge < -0.3 is 15.5 Å². The molecule has 0 unspecified atom stereocenters. The van der Waals surface area contributed by atoms with Crippen LogP contribution in [0.25, 0.3) is 6.08 Å². The van der Waals surface area contributed by atoms with E-state index in [0.29, 0.717) is 17.7 Å². The van der Waals surface area contributed by atoms with Crippen LogP contribution in [-0.4, -0.2) is 41.2 Å². The molecule has 0 aliphatic carbocycles. The van der Waals surface area contributed by atoms with Gasteiger partial charge in [0.25, 0.3) is 0 Å². The maximum Gasteiger partial charge on any atom is 0.416 e. The number of hydrogen-bond donors (Lipinski definition) is 2. The number of nitrogens with one attached hydrogen (secondary N) is 2. The zero-order chi connectivity index (χ0) is 29.0. The smallest absolute Gasteiger partial charge is 0.342 e.